The largest absolute Gasteiger partial charge is 0.350 e. The van der Waals surface area contributed by atoms with E-state index in [1.807, 2.05) is 29.6 Å². The zero-order valence-corrected chi connectivity index (χ0v) is 15.8. The van der Waals surface area contributed by atoms with E-state index in [9.17, 15) is 0 Å². The summed E-state index contributed by atoms with van der Waals surface area (Å²) in [4.78, 5) is 8.80. The van der Waals surface area contributed by atoms with E-state index in [2.05, 4.69) is 31.8 Å². The highest BCUT2D eigenvalue weighted by atomic mass is 35.5. The van der Waals surface area contributed by atoms with Crippen LogP contribution >= 0.6 is 34.5 Å². The summed E-state index contributed by atoms with van der Waals surface area (Å²) in [6, 6.07) is 11.4. The first-order chi connectivity index (χ1) is 12.7. The van der Waals surface area contributed by atoms with Gasteiger partial charge in [0.1, 0.15) is 6.33 Å². The van der Waals surface area contributed by atoms with Gasteiger partial charge in [-0.3, -0.25) is 4.98 Å². The van der Waals surface area contributed by atoms with Crippen molar-refractivity contribution >= 4 is 40.5 Å². The molecule has 0 unspecified atom stereocenters. The molecule has 3 heterocycles. The minimum absolute atomic E-state index is 0.433. The van der Waals surface area contributed by atoms with E-state index in [-0.39, 0.29) is 0 Å². The van der Waals surface area contributed by atoms with Crippen LogP contribution in [0.15, 0.2) is 59.7 Å². The summed E-state index contributed by atoms with van der Waals surface area (Å²) in [5.74, 6) is 0.578. The van der Waals surface area contributed by atoms with E-state index in [0.29, 0.717) is 28.2 Å². The smallest absolute Gasteiger partial charge is 0.226 e. The lowest BCUT2D eigenvalue weighted by molar-refractivity contribution is 0.872. The van der Waals surface area contributed by atoms with E-state index >= 15 is 0 Å². The summed E-state index contributed by atoms with van der Waals surface area (Å²) < 4.78 is 1.63. The van der Waals surface area contributed by atoms with Crippen LogP contribution in [0.25, 0.3) is 16.9 Å². The van der Waals surface area contributed by atoms with Crippen molar-refractivity contribution in [2.24, 2.45) is 0 Å². The fourth-order valence-electron chi connectivity index (χ4n) is 2.61. The number of anilines is 1. The number of aromatic nitrogens is 4. The number of benzene rings is 1. The Balaban J connectivity index is 1.62. The lowest BCUT2D eigenvalue weighted by atomic mass is 10.1. The highest BCUT2D eigenvalue weighted by Gasteiger charge is 2.13. The quantitative estimate of drug-likeness (QED) is 0.492. The third kappa shape index (κ3) is 3.31. The second kappa shape index (κ2) is 7.45. The number of hydrogen-bond acceptors (Lipinski definition) is 5. The monoisotopic (exact) mass is 401 g/mol. The first kappa shape index (κ1) is 17.0. The molecule has 0 saturated heterocycles. The van der Waals surface area contributed by atoms with Crippen LogP contribution < -0.4 is 5.32 Å². The van der Waals surface area contributed by atoms with Crippen molar-refractivity contribution in [2.45, 2.75) is 6.54 Å². The molecule has 0 aliphatic carbocycles. The highest BCUT2D eigenvalue weighted by Crippen LogP contribution is 2.29. The van der Waals surface area contributed by atoms with E-state index in [1.165, 1.54) is 6.33 Å². The van der Waals surface area contributed by atoms with Gasteiger partial charge in [0.2, 0.25) is 5.95 Å². The van der Waals surface area contributed by atoms with Crippen LogP contribution in [0, 0.1) is 0 Å². The Bertz CT molecular complexity index is 1030. The summed E-state index contributed by atoms with van der Waals surface area (Å²) in [5.41, 5.74) is 3.79. The summed E-state index contributed by atoms with van der Waals surface area (Å²) >= 11 is 14.1. The molecule has 130 valence electrons. The predicted molar refractivity (Wildman–Crippen MR) is 106 cm³/mol. The molecule has 1 aromatic carbocycles. The first-order valence-corrected chi connectivity index (χ1v) is 9.48. The van der Waals surface area contributed by atoms with Crippen molar-refractivity contribution < 1.29 is 0 Å². The summed E-state index contributed by atoms with van der Waals surface area (Å²) in [6.45, 7) is 0.551. The standard InChI is InChI=1S/C18H13Cl2N5S/c19-14-4-1-5-15(16(14)20)25-18(23-11-24-25)22-9-12-3-2-7-21-17(12)13-6-8-26-10-13/h1-8,10-11H,9H2,(H,22,23,24). The van der Waals surface area contributed by atoms with Gasteiger partial charge in [-0.15, -0.1) is 0 Å². The summed E-state index contributed by atoms with van der Waals surface area (Å²) in [6.07, 6.45) is 3.27. The molecular formula is C18H13Cl2N5S. The zero-order valence-electron chi connectivity index (χ0n) is 13.4. The molecule has 0 aliphatic rings. The third-order valence-electron chi connectivity index (χ3n) is 3.83. The summed E-state index contributed by atoms with van der Waals surface area (Å²) in [7, 11) is 0. The molecule has 0 amide bonds. The molecule has 3 aromatic heterocycles. The molecule has 0 atom stereocenters. The number of nitrogens with zero attached hydrogens (tertiary/aromatic N) is 4. The zero-order chi connectivity index (χ0) is 17.9. The molecule has 0 radical (unpaired) electrons. The Labute approximate surface area is 164 Å². The van der Waals surface area contributed by atoms with Gasteiger partial charge in [0.15, 0.2) is 0 Å². The molecule has 4 rings (SSSR count). The first-order valence-electron chi connectivity index (χ1n) is 7.79. The number of thiophene rings is 1. The van der Waals surface area contributed by atoms with Gasteiger partial charge in [0.25, 0.3) is 0 Å². The Morgan fingerprint density at radius 3 is 2.85 bits per heavy atom. The molecule has 0 bridgehead atoms. The predicted octanol–water partition coefficient (Wildman–Crippen LogP) is 5.31. The molecule has 0 aliphatic heterocycles. The second-order valence-corrected chi connectivity index (χ2v) is 7.01. The molecule has 0 saturated carbocycles. The van der Waals surface area contributed by atoms with Crippen molar-refractivity contribution in [1.29, 1.82) is 0 Å². The van der Waals surface area contributed by atoms with Gasteiger partial charge in [0, 0.05) is 23.7 Å². The molecule has 0 spiro atoms. The third-order valence-corrected chi connectivity index (χ3v) is 5.32. The van der Waals surface area contributed by atoms with Crippen molar-refractivity contribution in [3.05, 3.63) is 75.3 Å². The van der Waals surface area contributed by atoms with Gasteiger partial charge >= 0.3 is 0 Å². The van der Waals surface area contributed by atoms with Crippen molar-refractivity contribution in [2.75, 3.05) is 5.32 Å². The van der Waals surface area contributed by atoms with E-state index in [4.69, 9.17) is 23.2 Å². The van der Waals surface area contributed by atoms with Crippen LogP contribution in [-0.4, -0.2) is 19.7 Å². The average Bonchev–Trinajstić information content (AvgIpc) is 3.34. The number of rotatable bonds is 5. The normalized spacial score (nSPS) is 10.8. The van der Waals surface area contributed by atoms with Crippen molar-refractivity contribution in [3.63, 3.8) is 0 Å². The van der Waals surface area contributed by atoms with Crippen molar-refractivity contribution in [3.8, 4) is 16.9 Å². The van der Waals surface area contributed by atoms with E-state index in [1.54, 1.807) is 28.3 Å². The maximum atomic E-state index is 6.31. The Kier molecular flexibility index (Phi) is 4.88. The van der Waals surface area contributed by atoms with E-state index < -0.39 is 0 Å². The topological polar surface area (TPSA) is 55.6 Å². The summed E-state index contributed by atoms with van der Waals surface area (Å²) in [5, 5.41) is 12.6. The Morgan fingerprint density at radius 1 is 1.08 bits per heavy atom. The van der Waals surface area contributed by atoms with Gasteiger partial charge in [-0.05, 0) is 35.2 Å². The fourth-order valence-corrected chi connectivity index (χ4v) is 3.63. The van der Waals surface area contributed by atoms with Crippen LogP contribution in [0.4, 0.5) is 5.95 Å². The van der Waals surface area contributed by atoms with Gasteiger partial charge < -0.3 is 5.32 Å². The second-order valence-electron chi connectivity index (χ2n) is 5.45. The van der Waals surface area contributed by atoms with E-state index in [0.717, 1.165) is 16.8 Å². The molecular weight excluding hydrogens is 389 g/mol. The molecule has 8 heteroatoms. The molecule has 26 heavy (non-hydrogen) atoms. The van der Waals surface area contributed by atoms with Crippen LogP contribution in [0.5, 0.6) is 0 Å². The number of pyridine rings is 1. The van der Waals surface area contributed by atoms with Gasteiger partial charge in [-0.25, -0.2) is 0 Å². The van der Waals surface area contributed by atoms with Crippen LogP contribution in [0.2, 0.25) is 10.0 Å². The molecule has 0 fully saturated rings. The minimum Gasteiger partial charge on any atom is -0.350 e. The molecule has 5 nitrogen and oxygen atoms in total. The lowest BCUT2D eigenvalue weighted by Gasteiger charge is -2.12. The number of nitrogens with one attached hydrogen (secondary N) is 1. The van der Waals surface area contributed by atoms with Crippen molar-refractivity contribution in [1.82, 2.24) is 19.7 Å². The maximum Gasteiger partial charge on any atom is 0.226 e. The lowest BCUT2D eigenvalue weighted by Crippen LogP contribution is -2.09. The Hall–Kier alpha value is -2.41. The van der Waals surface area contributed by atoms with Gasteiger partial charge in [-0.2, -0.15) is 26.1 Å². The SMILES string of the molecule is Clc1cccc(-n2ncnc2NCc2cccnc2-c2ccsc2)c1Cl. The number of hydrogen-bond donors (Lipinski definition) is 1. The van der Waals surface area contributed by atoms with Crippen LogP contribution in [-0.2, 0) is 6.54 Å². The molecule has 4 aromatic rings. The van der Waals surface area contributed by atoms with Gasteiger partial charge in [-0.1, -0.05) is 35.3 Å². The number of halogens is 2. The Morgan fingerprint density at radius 2 is 2.00 bits per heavy atom. The van der Waals surface area contributed by atoms with Gasteiger partial charge in [0.05, 0.1) is 21.4 Å². The average molecular weight is 402 g/mol. The molecule has 1 N–H and O–H groups in total. The fraction of sp³-hybridized carbons (Fsp3) is 0.0556. The highest BCUT2D eigenvalue weighted by molar-refractivity contribution is 7.08. The van der Waals surface area contributed by atoms with Crippen LogP contribution in [0.1, 0.15) is 5.56 Å². The maximum absolute atomic E-state index is 6.31. The van der Waals surface area contributed by atoms with Crippen LogP contribution in [0.3, 0.4) is 0 Å². The minimum atomic E-state index is 0.433.